The van der Waals surface area contributed by atoms with Crippen LogP contribution in [0, 0.1) is 5.92 Å². The first-order valence-electron chi connectivity index (χ1n) is 8.09. The third kappa shape index (κ3) is 3.52. The molecule has 2 aliphatic rings. The van der Waals surface area contributed by atoms with E-state index in [1.54, 1.807) is 7.05 Å². The Balaban J connectivity index is 1.47. The Morgan fingerprint density at radius 3 is 2.61 bits per heavy atom. The molecule has 2 heterocycles. The fourth-order valence-corrected chi connectivity index (χ4v) is 3.06. The Morgan fingerprint density at radius 2 is 2.09 bits per heavy atom. The van der Waals surface area contributed by atoms with Gasteiger partial charge in [-0.2, -0.15) is 4.98 Å². The summed E-state index contributed by atoms with van der Waals surface area (Å²) >= 11 is 0. The molecule has 0 aromatic carbocycles. The molecule has 6 nitrogen and oxygen atoms in total. The molecule has 0 bridgehead atoms. The molecular weight excluding hydrogens is 306 g/mol. The Labute approximate surface area is 133 Å². The van der Waals surface area contributed by atoms with Crippen molar-refractivity contribution in [2.24, 2.45) is 5.92 Å². The molecule has 1 aliphatic heterocycles. The Hall–Kier alpha value is -1.57. The summed E-state index contributed by atoms with van der Waals surface area (Å²) in [7, 11) is 1.64. The lowest BCUT2D eigenvalue weighted by atomic mass is 10.0. The van der Waals surface area contributed by atoms with Gasteiger partial charge in [-0.05, 0) is 12.8 Å². The Bertz CT molecular complexity index is 570. The van der Waals surface area contributed by atoms with Crippen LogP contribution in [-0.2, 0) is 17.8 Å². The molecule has 8 heteroatoms. The van der Waals surface area contributed by atoms with Gasteiger partial charge in [-0.3, -0.25) is 9.69 Å². The number of halogens is 2. The lowest BCUT2D eigenvalue weighted by Gasteiger charge is -2.36. The number of likely N-dealkylation sites (tertiary alicyclic amines) is 1. The minimum Gasteiger partial charge on any atom is -0.342 e. The van der Waals surface area contributed by atoms with E-state index in [0.29, 0.717) is 18.3 Å². The van der Waals surface area contributed by atoms with E-state index >= 15 is 0 Å². The van der Waals surface area contributed by atoms with E-state index in [0.717, 1.165) is 32.4 Å². The summed E-state index contributed by atoms with van der Waals surface area (Å²) in [6.07, 6.45) is 1.99. The van der Waals surface area contributed by atoms with Gasteiger partial charge in [-0.25, -0.2) is 8.78 Å². The van der Waals surface area contributed by atoms with Gasteiger partial charge in [-0.15, -0.1) is 0 Å². The van der Waals surface area contributed by atoms with Gasteiger partial charge in [0.1, 0.15) is 5.92 Å². The third-order valence-electron chi connectivity index (χ3n) is 4.76. The highest BCUT2D eigenvalue weighted by Crippen LogP contribution is 2.49. The van der Waals surface area contributed by atoms with Crippen LogP contribution < -0.4 is 0 Å². The minimum atomic E-state index is -2.79. The summed E-state index contributed by atoms with van der Waals surface area (Å²) in [6.45, 7) is 4.13. The van der Waals surface area contributed by atoms with Crippen molar-refractivity contribution in [1.29, 1.82) is 0 Å². The first-order chi connectivity index (χ1) is 10.9. The molecule has 0 unspecified atom stereocenters. The third-order valence-corrected chi connectivity index (χ3v) is 4.76. The number of amides is 1. The smallest absolute Gasteiger partial charge is 0.260 e. The summed E-state index contributed by atoms with van der Waals surface area (Å²) < 4.78 is 31.2. The van der Waals surface area contributed by atoms with Crippen molar-refractivity contribution in [1.82, 2.24) is 19.9 Å². The topological polar surface area (TPSA) is 62.5 Å². The number of rotatable bonds is 5. The van der Waals surface area contributed by atoms with Crippen LogP contribution >= 0.6 is 0 Å². The zero-order valence-electron chi connectivity index (χ0n) is 13.5. The maximum absolute atomic E-state index is 13.0. The number of nitrogens with zero attached hydrogens (tertiary/aromatic N) is 4. The molecule has 1 atom stereocenters. The van der Waals surface area contributed by atoms with Crippen molar-refractivity contribution in [3.05, 3.63) is 11.7 Å². The van der Waals surface area contributed by atoms with Gasteiger partial charge in [0.25, 0.3) is 5.92 Å². The van der Waals surface area contributed by atoms with Crippen LogP contribution in [0.15, 0.2) is 4.52 Å². The Kier molecular flexibility index (Phi) is 4.35. The molecule has 128 valence electrons. The summed E-state index contributed by atoms with van der Waals surface area (Å²) in [5, 5.41) is 3.87. The van der Waals surface area contributed by atoms with E-state index in [-0.39, 0.29) is 12.5 Å². The Morgan fingerprint density at radius 1 is 1.43 bits per heavy atom. The average Bonchev–Trinajstić information content (AvgIpc) is 2.96. The van der Waals surface area contributed by atoms with E-state index in [1.165, 1.54) is 4.90 Å². The minimum absolute atomic E-state index is 0.0315. The lowest BCUT2D eigenvalue weighted by molar-refractivity contribution is -0.136. The molecule has 1 aromatic rings. The van der Waals surface area contributed by atoms with Gasteiger partial charge < -0.3 is 9.42 Å². The van der Waals surface area contributed by atoms with Crippen LogP contribution in [0.4, 0.5) is 8.78 Å². The molecule has 1 aliphatic carbocycles. The van der Waals surface area contributed by atoms with Crippen molar-refractivity contribution >= 4 is 5.91 Å². The van der Waals surface area contributed by atoms with Crippen molar-refractivity contribution in [3.8, 4) is 0 Å². The first-order valence-corrected chi connectivity index (χ1v) is 8.09. The monoisotopic (exact) mass is 328 g/mol. The second kappa shape index (κ2) is 6.14. The summed E-state index contributed by atoms with van der Waals surface area (Å²) in [4.78, 5) is 20.0. The number of hydrogen-bond acceptors (Lipinski definition) is 5. The van der Waals surface area contributed by atoms with Gasteiger partial charge >= 0.3 is 0 Å². The van der Waals surface area contributed by atoms with Crippen LogP contribution in [0.3, 0.4) is 0 Å². The van der Waals surface area contributed by atoms with Crippen molar-refractivity contribution in [3.63, 3.8) is 0 Å². The number of hydrogen-bond donors (Lipinski definition) is 0. The quantitative estimate of drug-likeness (QED) is 0.823. The fraction of sp³-hybridized carbons (Fsp3) is 0.800. The van der Waals surface area contributed by atoms with Crippen molar-refractivity contribution < 1.29 is 18.1 Å². The number of piperidine rings is 1. The number of alkyl halides is 2. The standard InChI is InChI=1S/C15H22F2N4O2/c1-3-12-18-13(23-19-12)9-21-6-4-10(5-7-21)20(2)14(22)11-8-15(11,16)17/h10-11H,3-9H2,1-2H3/t11-/m0/s1. The average molecular weight is 328 g/mol. The second-order valence-electron chi connectivity index (χ2n) is 6.43. The molecule has 0 N–H and O–H groups in total. The fourth-order valence-electron chi connectivity index (χ4n) is 3.06. The predicted octanol–water partition coefficient (Wildman–Crippen LogP) is 1.71. The molecule has 0 radical (unpaired) electrons. The zero-order valence-corrected chi connectivity index (χ0v) is 13.5. The normalized spacial score (nSPS) is 24.6. The van der Waals surface area contributed by atoms with Crippen LogP contribution in [0.2, 0.25) is 0 Å². The number of aromatic nitrogens is 2. The largest absolute Gasteiger partial charge is 0.342 e. The molecule has 1 amide bonds. The van der Waals surface area contributed by atoms with Crippen molar-refractivity contribution in [2.75, 3.05) is 20.1 Å². The predicted molar refractivity (Wildman–Crippen MR) is 77.8 cm³/mol. The number of carbonyl (C=O) groups excluding carboxylic acids is 1. The summed E-state index contributed by atoms with van der Waals surface area (Å²) in [5.74, 6) is -3.01. The maximum Gasteiger partial charge on any atom is 0.260 e. The van der Waals surface area contributed by atoms with Gasteiger partial charge in [-0.1, -0.05) is 12.1 Å². The molecule has 3 rings (SSSR count). The van der Waals surface area contributed by atoms with Crippen LogP contribution in [0.5, 0.6) is 0 Å². The highest BCUT2D eigenvalue weighted by atomic mass is 19.3. The maximum atomic E-state index is 13.0. The van der Waals surface area contributed by atoms with E-state index in [9.17, 15) is 13.6 Å². The SMILES string of the molecule is CCc1noc(CN2CCC(N(C)C(=O)[C@@H]3CC3(F)F)CC2)n1. The first kappa shape index (κ1) is 16.3. The van der Waals surface area contributed by atoms with Crippen LogP contribution in [0.25, 0.3) is 0 Å². The molecule has 2 fully saturated rings. The number of carbonyl (C=O) groups is 1. The second-order valence-corrected chi connectivity index (χ2v) is 6.43. The van der Waals surface area contributed by atoms with E-state index < -0.39 is 17.7 Å². The van der Waals surface area contributed by atoms with Crippen LogP contribution in [-0.4, -0.2) is 57.9 Å². The summed E-state index contributed by atoms with van der Waals surface area (Å²) in [5.41, 5.74) is 0. The summed E-state index contributed by atoms with van der Waals surface area (Å²) in [6, 6.07) is 0.0315. The molecule has 1 saturated heterocycles. The van der Waals surface area contributed by atoms with Gasteiger partial charge in [0.2, 0.25) is 11.8 Å². The molecule has 0 spiro atoms. The lowest BCUT2D eigenvalue weighted by Crippen LogP contribution is -2.46. The van der Waals surface area contributed by atoms with E-state index in [4.69, 9.17) is 4.52 Å². The van der Waals surface area contributed by atoms with E-state index in [1.807, 2.05) is 6.92 Å². The van der Waals surface area contributed by atoms with Crippen molar-refractivity contribution in [2.45, 2.75) is 51.1 Å². The molecule has 23 heavy (non-hydrogen) atoms. The number of aryl methyl sites for hydroxylation is 1. The molecule has 1 aromatic heterocycles. The van der Waals surface area contributed by atoms with Gasteiger partial charge in [0, 0.05) is 39.0 Å². The molecular formula is C15H22F2N4O2. The van der Waals surface area contributed by atoms with E-state index in [2.05, 4.69) is 15.0 Å². The van der Waals surface area contributed by atoms with Gasteiger partial charge in [0.15, 0.2) is 5.82 Å². The molecule has 1 saturated carbocycles. The highest BCUT2D eigenvalue weighted by molar-refractivity contribution is 5.83. The van der Waals surface area contributed by atoms with Gasteiger partial charge in [0.05, 0.1) is 6.54 Å². The van der Waals surface area contributed by atoms with Crippen LogP contribution in [0.1, 0.15) is 37.9 Å². The zero-order chi connectivity index (χ0) is 16.6. The highest BCUT2D eigenvalue weighted by Gasteiger charge is 2.62.